The Labute approximate surface area is 236 Å². The Morgan fingerprint density at radius 1 is 1.20 bits per heavy atom. The van der Waals surface area contributed by atoms with Crippen LogP contribution in [0.2, 0.25) is 0 Å². The first-order valence-corrected chi connectivity index (χ1v) is 13.4. The van der Waals surface area contributed by atoms with Crippen molar-refractivity contribution in [2.45, 2.75) is 44.7 Å². The summed E-state index contributed by atoms with van der Waals surface area (Å²) in [6.45, 7) is 2.40. The Morgan fingerprint density at radius 2 is 1.95 bits per heavy atom. The van der Waals surface area contributed by atoms with Gasteiger partial charge in [-0.25, -0.2) is 4.98 Å². The molecule has 40 heavy (non-hydrogen) atoms. The molecule has 10 nitrogen and oxygen atoms in total. The SMILES string of the molecule is CNc1nc(Nc2ccc(C#N)cc2)ncc1C#C[C@@H]1CCC[C@H](NC(=O)C(C)N(C)C(=O)C=CCN(C)C)C1. The number of nitriles is 1. The number of benzene rings is 1. The van der Waals surface area contributed by atoms with Gasteiger partial charge in [0.05, 0.1) is 23.4 Å². The molecule has 2 aromatic rings. The van der Waals surface area contributed by atoms with Crippen LogP contribution in [-0.2, 0) is 9.59 Å². The lowest BCUT2D eigenvalue weighted by Crippen LogP contribution is -2.49. The fraction of sp³-hybridized carbons (Fsp3) is 0.433. The molecule has 1 heterocycles. The van der Waals surface area contributed by atoms with Crippen LogP contribution in [-0.4, -0.2) is 78.4 Å². The third kappa shape index (κ3) is 8.82. The van der Waals surface area contributed by atoms with Crippen LogP contribution in [0.3, 0.4) is 0 Å². The Morgan fingerprint density at radius 3 is 2.62 bits per heavy atom. The van der Waals surface area contributed by atoms with Crippen molar-refractivity contribution < 1.29 is 9.59 Å². The van der Waals surface area contributed by atoms with E-state index in [2.05, 4.69) is 43.8 Å². The minimum Gasteiger partial charge on any atom is -0.372 e. The Bertz CT molecular complexity index is 1300. The van der Waals surface area contributed by atoms with E-state index >= 15 is 0 Å². The molecule has 0 bridgehead atoms. The van der Waals surface area contributed by atoms with E-state index in [1.54, 1.807) is 57.6 Å². The van der Waals surface area contributed by atoms with Crippen molar-refractivity contribution >= 4 is 29.3 Å². The van der Waals surface area contributed by atoms with E-state index < -0.39 is 6.04 Å². The molecule has 1 unspecified atom stereocenters. The topological polar surface area (TPSA) is 126 Å². The van der Waals surface area contributed by atoms with Crippen LogP contribution in [0.25, 0.3) is 0 Å². The van der Waals surface area contributed by atoms with Crippen molar-refractivity contribution in [2.24, 2.45) is 5.92 Å². The minimum absolute atomic E-state index is 0.00908. The summed E-state index contributed by atoms with van der Waals surface area (Å²) in [5.41, 5.74) is 2.05. The molecule has 1 aliphatic rings. The van der Waals surface area contributed by atoms with Gasteiger partial charge in [-0.05, 0) is 64.5 Å². The van der Waals surface area contributed by atoms with Gasteiger partial charge >= 0.3 is 0 Å². The lowest BCUT2D eigenvalue weighted by Gasteiger charge is -2.30. The number of hydrogen-bond acceptors (Lipinski definition) is 8. The van der Waals surface area contributed by atoms with Crippen LogP contribution in [0.5, 0.6) is 0 Å². The standard InChI is InChI=1S/C30H38N8O2/c1-21(38(5)27(39)10-7-17-37(3)4)29(40)34-26-9-6-8-22(18-26)11-14-24-20-33-30(36-28(24)32-2)35-25-15-12-23(19-31)13-16-25/h7,10,12-13,15-16,20-22,26H,6,8-9,17-18H2,1-5H3,(H,34,40)(H2,32,33,35,36)/t21?,22-,26-/m0/s1. The molecule has 1 aromatic carbocycles. The molecular formula is C30H38N8O2. The van der Waals surface area contributed by atoms with Gasteiger partial charge in [-0.2, -0.15) is 10.2 Å². The molecule has 1 aromatic heterocycles. The molecule has 1 fully saturated rings. The zero-order chi connectivity index (χ0) is 29.1. The van der Waals surface area contributed by atoms with Crippen LogP contribution in [0.15, 0.2) is 42.6 Å². The summed E-state index contributed by atoms with van der Waals surface area (Å²) in [7, 11) is 7.29. The van der Waals surface area contributed by atoms with Crippen LogP contribution in [0.1, 0.15) is 43.7 Å². The second-order valence-corrected chi connectivity index (χ2v) is 10.1. The highest BCUT2D eigenvalue weighted by Gasteiger charge is 2.26. The maximum Gasteiger partial charge on any atom is 0.246 e. The number of nitrogens with one attached hydrogen (secondary N) is 3. The quantitative estimate of drug-likeness (QED) is 0.326. The maximum absolute atomic E-state index is 12.9. The Balaban J connectivity index is 1.58. The average Bonchev–Trinajstić information content (AvgIpc) is 2.95. The monoisotopic (exact) mass is 542 g/mol. The number of aromatic nitrogens is 2. The molecule has 1 aliphatic carbocycles. The fourth-order valence-electron chi connectivity index (χ4n) is 4.28. The molecule has 2 amide bonds. The number of likely N-dealkylation sites (N-methyl/N-ethyl adjacent to an activating group) is 2. The summed E-state index contributed by atoms with van der Waals surface area (Å²) in [4.78, 5) is 37.6. The number of nitrogens with zero attached hydrogens (tertiary/aromatic N) is 5. The van der Waals surface area contributed by atoms with E-state index in [0.717, 1.165) is 31.4 Å². The Kier molecular flexibility index (Phi) is 11.0. The predicted octanol–water partition coefficient (Wildman–Crippen LogP) is 3.12. The number of rotatable bonds is 9. The van der Waals surface area contributed by atoms with Crippen molar-refractivity contribution in [3.8, 4) is 17.9 Å². The Hall–Kier alpha value is -4.41. The highest BCUT2D eigenvalue weighted by atomic mass is 16.2. The highest BCUT2D eigenvalue weighted by molar-refractivity contribution is 5.92. The minimum atomic E-state index is -0.574. The number of hydrogen-bond donors (Lipinski definition) is 3. The van der Waals surface area contributed by atoms with E-state index in [1.165, 1.54) is 11.0 Å². The lowest BCUT2D eigenvalue weighted by molar-refractivity contribution is -0.135. The van der Waals surface area contributed by atoms with Gasteiger partial charge in [0, 0.05) is 44.4 Å². The van der Waals surface area contributed by atoms with Crippen molar-refractivity contribution in [2.75, 3.05) is 45.4 Å². The lowest BCUT2D eigenvalue weighted by atomic mass is 9.86. The second kappa shape index (κ2) is 14.7. The van der Waals surface area contributed by atoms with Crippen molar-refractivity contribution in [1.82, 2.24) is 25.1 Å². The maximum atomic E-state index is 12.9. The average molecular weight is 543 g/mol. The van der Waals surface area contributed by atoms with Gasteiger partial charge in [0.15, 0.2) is 0 Å². The van der Waals surface area contributed by atoms with E-state index in [1.807, 2.05) is 19.0 Å². The summed E-state index contributed by atoms with van der Waals surface area (Å²) in [5.74, 6) is 7.37. The van der Waals surface area contributed by atoms with Gasteiger partial charge in [-0.3, -0.25) is 9.59 Å². The van der Waals surface area contributed by atoms with Gasteiger partial charge in [0.1, 0.15) is 11.9 Å². The molecule has 0 spiro atoms. The molecule has 1 saturated carbocycles. The van der Waals surface area contributed by atoms with Crippen LogP contribution in [0, 0.1) is 29.1 Å². The number of anilines is 3. The van der Waals surface area contributed by atoms with Gasteiger partial charge in [0.2, 0.25) is 17.8 Å². The number of amides is 2. The first-order valence-electron chi connectivity index (χ1n) is 13.4. The molecular weight excluding hydrogens is 504 g/mol. The van der Waals surface area contributed by atoms with Gasteiger partial charge in [-0.15, -0.1) is 0 Å². The largest absolute Gasteiger partial charge is 0.372 e. The number of carbonyl (C=O) groups excluding carboxylic acids is 2. The van der Waals surface area contributed by atoms with Crippen LogP contribution >= 0.6 is 0 Å². The smallest absolute Gasteiger partial charge is 0.246 e. The van der Waals surface area contributed by atoms with Crippen molar-refractivity contribution in [3.05, 3.63) is 53.7 Å². The van der Waals surface area contributed by atoms with E-state index in [9.17, 15) is 9.59 Å². The summed E-state index contributed by atoms with van der Waals surface area (Å²) in [5, 5.41) is 18.3. The zero-order valence-corrected chi connectivity index (χ0v) is 23.9. The van der Waals surface area contributed by atoms with Crippen LogP contribution in [0.4, 0.5) is 17.5 Å². The molecule has 3 atom stereocenters. The highest BCUT2D eigenvalue weighted by Crippen LogP contribution is 2.25. The van der Waals surface area contributed by atoms with Crippen molar-refractivity contribution in [3.63, 3.8) is 0 Å². The number of carbonyl (C=O) groups is 2. The summed E-state index contributed by atoms with van der Waals surface area (Å²) < 4.78 is 0. The zero-order valence-electron chi connectivity index (χ0n) is 23.9. The second-order valence-electron chi connectivity index (χ2n) is 10.1. The molecule has 210 valence electrons. The molecule has 10 heteroatoms. The van der Waals surface area contributed by atoms with E-state index in [0.29, 0.717) is 29.4 Å². The summed E-state index contributed by atoms with van der Waals surface area (Å²) in [6, 6.07) is 8.58. The third-order valence-corrected chi connectivity index (χ3v) is 6.77. The van der Waals surface area contributed by atoms with Gasteiger partial charge in [0.25, 0.3) is 0 Å². The van der Waals surface area contributed by atoms with Gasteiger partial charge in [-0.1, -0.05) is 24.3 Å². The molecule has 0 radical (unpaired) electrons. The fourth-order valence-corrected chi connectivity index (χ4v) is 4.28. The predicted molar refractivity (Wildman–Crippen MR) is 157 cm³/mol. The molecule has 0 aliphatic heterocycles. The van der Waals surface area contributed by atoms with E-state index in [-0.39, 0.29) is 23.8 Å². The van der Waals surface area contributed by atoms with E-state index in [4.69, 9.17) is 5.26 Å². The normalized spacial score (nSPS) is 17.3. The first kappa shape index (κ1) is 30.1. The molecule has 3 rings (SSSR count). The van der Waals surface area contributed by atoms with Crippen LogP contribution < -0.4 is 16.0 Å². The molecule has 3 N–H and O–H groups in total. The third-order valence-electron chi connectivity index (χ3n) is 6.77. The van der Waals surface area contributed by atoms with Gasteiger partial charge < -0.3 is 25.8 Å². The molecule has 0 saturated heterocycles. The summed E-state index contributed by atoms with van der Waals surface area (Å²) in [6.07, 6.45) is 8.53. The van der Waals surface area contributed by atoms with Crippen molar-refractivity contribution in [1.29, 1.82) is 5.26 Å². The first-order chi connectivity index (χ1) is 19.2. The summed E-state index contributed by atoms with van der Waals surface area (Å²) >= 11 is 0.